The second-order valence-corrected chi connectivity index (χ2v) is 5.59. The molecule has 0 saturated carbocycles. The lowest BCUT2D eigenvalue weighted by molar-refractivity contribution is -0.137. The quantitative estimate of drug-likeness (QED) is 0.257. The van der Waals surface area contributed by atoms with Crippen LogP contribution in [0.3, 0.4) is 0 Å². The Morgan fingerprint density at radius 3 is 2.41 bits per heavy atom. The maximum Gasteiger partial charge on any atom is 0.416 e. The van der Waals surface area contributed by atoms with Crippen LogP contribution in [-0.4, -0.2) is 25.0 Å². The van der Waals surface area contributed by atoms with E-state index in [1.807, 2.05) is 31.2 Å². The minimum atomic E-state index is -4.43. The van der Waals surface area contributed by atoms with Crippen molar-refractivity contribution in [2.75, 3.05) is 18.4 Å². The standard InChI is InChI=1S/C18H19F3N4O.HI/c1-12-3-2-4-15(11-12)25-17(22)24-10-9-23-16(26)13-5-7-14(8-6-13)18(19,20)21;/h2-8,11H,9-10H2,1H3,(H,23,26)(H3,22,24,25);1H. The first-order valence-electron chi connectivity index (χ1n) is 7.85. The van der Waals surface area contributed by atoms with Gasteiger partial charge in [0.1, 0.15) is 0 Å². The molecule has 27 heavy (non-hydrogen) atoms. The molecule has 0 spiro atoms. The van der Waals surface area contributed by atoms with Gasteiger partial charge in [-0.3, -0.25) is 9.79 Å². The van der Waals surface area contributed by atoms with Gasteiger partial charge in [-0.1, -0.05) is 12.1 Å². The van der Waals surface area contributed by atoms with Crippen molar-refractivity contribution in [3.63, 3.8) is 0 Å². The van der Waals surface area contributed by atoms with Crippen LogP contribution in [-0.2, 0) is 6.18 Å². The fourth-order valence-corrected chi connectivity index (χ4v) is 2.17. The SMILES string of the molecule is Cc1cccc(NC(N)=NCCNC(=O)c2ccc(C(F)(F)F)cc2)c1.I. The van der Waals surface area contributed by atoms with Crippen molar-refractivity contribution in [3.8, 4) is 0 Å². The summed E-state index contributed by atoms with van der Waals surface area (Å²) in [7, 11) is 0. The van der Waals surface area contributed by atoms with E-state index in [1.54, 1.807) is 0 Å². The molecule has 0 aliphatic rings. The van der Waals surface area contributed by atoms with Gasteiger partial charge in [-0.25, -0.2) is 0 Å². The van der Waals surface area contributed by atoms with Gasteiger partial charge in [-0.2, -0.15) is 13.2 Å². The Labute approximate surface area is 172 Å². The highest BCUT2D eigenvalue weighted by Crippen LogP contribution is 2.29. The molecule has 0 atom stereocenters. The number of aliphatic imine (C=N–C) groups is 1. The summed E-state index contributed by atoms with van der Waals surface area (Å²) in [5, 5.41) is 5.51. The second-order valence-electron chi connectivity index (χ2n) is 5.59. The van der Waals surface area contributed by atoms with E-state index in [2.05, 4.69) is 15.6 Å². The maximum absolute atomic E-state index is 12.5. The molecule has 4 N–H and O–H groups in total. The van der Waals surface area contributed by atoms with Crippen molar-refractivity contribution in [2.45, 2.75) is 13.1 Å². The lowest BCUT2D eigenvalue weighted by Crippen LogP contribution is -2.28. The third-order valence-corrected chi connectivity index (χ3v) is 3.44. The Balaban J connectivity index is 0.00000364. The van der Waals surface area contributed by atoms with Gasteiger partial charge in [0.05, 0.1) is 12.1 Å². The average Bonchev–Trinajstić information content (AvgIpc) is 2.58. The van der Waals surface area contributed by atoms with E-state index in [-0.39, 0.29) is 48.6 Å². The van der Waals surface area contributed by atoms with E-state index < -0.39 is 17.6 Å². The molecule has 0 bridgehead atoms. The number of benzene rings is 2. The summed E-state index contributed by atoms with van der Waals surface area (Å²) in [5.41, 5.74) is 6.99. The first kappa shape index (κ1) is 22.7. The summed E-state index contributed by atoms with van der Waals surface area (Å²) in [5.74, 6) is -0.265. The molecule has 0 radical (unpaired) electrons. The normalized spacial score (nSPS) is 11.5. The fourth-order valence-electron chi connectivity index (χ4n) is 2.17. The van der Waals surface area contributed by atoms with Gasteiger partial charge in [0.25, 0.3) is 5.91 Å². The van der Waals surface area contributed by atoms with Crippen molar-refractivity contribution in [1.29, 1.82) is 0 Å². The molecular formula is C18H20F3IN4O. The number of nitrogens with two attached hydrogens (primary N) is 1. The molecule has 2 aromatic rings. The minimum Gasteiger partial charge on any atom is -0.370 e. The lowest BCUT2D eigenvalue weighted by Gasteiger charge is -2.08. The van der Waals surface area contributed by atoms with Crippen LogP contribution >= 0.6 is 24.0 Å². The monoisotopic (exact) mass is 492 g/mol. The van der Waals surface area contributed by atoms with Gasteiger partial charge in [-0.05, 0) is 48.9 Å². The number of hydrogen-bond acceptors (Lipinski definition) is 2. The van der Waals surface area contributed by atoms with Crippen LogP contribution < -0.4 is 16.4 Å². The Morgan fingerprint density at radius 1 is 1.15 bits per heavy atom. The third kappa shape index (κ3) is 7.45. The van der Waals surface area contributed by atoms with Crippen LogP contribution in [0.2, 0.25) is 0 Å². The van der Waals surface area contributed by atoms with E-state index >= 15 is 0 Å². The van der Waals surface area contributed by atoms with E-state index in [4.69, 9.17) is 5.73 Å². The number of rotatable bonds is 5. The van der Waals surface area contributed by atoms with E-state index in [0.29, 0.717) is 0 Å². The first-order chi connectivity index (χ1) is 12.3. The Morgan fingerprint density at radius 2 is 1.81 bits per heavy atom. The summed E-state index contributed by atoms with van der Waals surface area (Å²) in [6.07, 6.45) is -4.43. The Bertz CT molecular complexity index is 792. The summed E-state index contributed by atoms with van der Waals surface area (Å²) in [4.78, 5) is 16.0. The van der Waals surface area contributed by atoms with Gasteiger partial charge in [-0.15, -0.1) is 24.0 Å². The summed E-state index contributed by atoms with van der Waals surface area (Å²) in [6.45, 7) is 2.39. The van der Waals surface area contributed by atoms with Crippen LogP contribution in [0.1, 0.15) is 21.5 Å². The molecule has 2 rings (SSSR count). The van der Waals surface area contributed by atoms with Crippen molar-refractivity contribution in [2.24, 2.45) is 10.7 Å². The number of nitrogens with zero attached hydrogens (tertiary/aromatic N) is 1. The first-order valence-corrected chi connectivity index (χ1v) is 7.85. The number of amides is 1. The van der Waals surface area contributed by atoms with Gasteiger partial charge >= 0.3 is 6.18 Å². The fraction of sp³-hybridized carbons (Fsp3) is 0.222. The van der Waals surface area contributed by atoms with Gasteiger partial charge in [0, 0.05) is 17.8 Å². The zero-order valence-corrected chi connectivity index (χ0v) is 16.8. The zero-order valence-electron chi connectivity index (χ0n) is 14.5. The summed E-state index contributed by atoms with van der Waals surface area (Å²) in [6, 6.07) is 11.6. The van der Waals surface area contributed by atoms with Crippen LogP contribution in [0.4, 0.5) is 18.9 Å². The molecule has 0 unspecified atom stereocenters. The molecule has 9 heteroatoms. The molecule has 1 amide bonds. The molecule has 0 heterocycles. The average molecular weight is 492 g/mol. The van der Waals surface area contributed by atoms with Gasteiger partial charge in [0.15, 0.2) is 5.96 Å². The predicted molar refractivity (Wildman–Crippen MR) is 110 cm³/mol. The largest absolute Gasteiger partial charge is 0.416 e. The molecule has 0 saturated heterocycles. The number of guanidine groups is 1. The van der Waals surface area contributed by atoms with E-state index in [0.717, 1.165) is 35.5 Å². The Kier molecular flexibility index (Phi) is 8.54. The third-order valence-electron chi connectivity index (χ3n) is 3.44. The van der Waals surface area contributed by atoms with Crippen molar-refractivity contribution < 1.29 is 18.0 Å². The minimum absolute atomic E-state index is 0. The number of alkyl halides is 3. The predicted octanol–water partition coefficient (Wildman–Crippen LogP) is 3.79. The number of carbonyl (C=O) groups is 1. The molecular weight excluding hydrogens is 472 g/mol. The highest BCUT2D eigenvalue weighted by Gasteiger charge is 2.30. The molecule has 0 aliphatic carbocycles. The zero-order chi connectivity index (χ0) is 19.2. The van der Waals surface area contributed by atoms with Crippen LogP contribution in [0, 0.1) is 6.92 Å². The van der Waals surface area contributed by atoms with Crippen LogP contribution in [0.15, 0.2) is 53.5 Å². The van der Waals surface area contributed by atoms with Gasteiger partial charge in [0.2, 0.25) is 0 Å². The smallest absolute Gasteiger partial charge is 0.370 e. The molecule has 0 aliphatic heterocycles. The topological polar surface area (TPSA) is 79.5 Å². The summed E-state index contributed by atoms with van der Waals surface area (Å²) >= 11 is 0. The molecule has 0 fully saturated rings. The van der Waals surface area contributed by atoms with E-state index in [9.17, 15) is 18.0 Å². The molecule has 2 aromatic carbocycles. The number of aryl methyl sites for hydroxylation is 1. The second kappa shape index (κ2) is 10.1. The Hall–Kier alpha value is -2.30. The van der Waals surface area contributed by atoms with Gasteiger partial charge < -0.3 is 16.4 Å². The number of nitrogens with one attached hydrogen (secondary N) is 2. The summed E-state index contributed by atoms with van der Waals surface area (Å²) < 4.78 is 37.5. The van der Waals surface area contributed by atoms with Crippen molar-refractivity contribution in [1.82, 2.24) is 5.32 Å². The van der Waals surface area contributed by atoms with E-state index in [1.165, 1.54) is 0 Å². The van der Waals surface area contributed by atoms with Crippen molar-refractivity contribution >= 4 is 41.5 Å². The molecule has 146 valence electrons. The van der Waals surface area contributed by atoms with Crippen molar-refractivity contribution in [3.05, 3.63) is 65.2 Å². The number of anilines is 1. The molecule has 0 aromatic heterocycles. The number of carbonyl (C=O) groups excluding carboxylic acids is 1. The van der Waals surface area contributed by atoms with Crippen LogP contribution in [0.5, 0.6) is 0 Å². The lowest BCUT2D eigenvalue weighted by atomic mass is 10.1. The highest BCUT2D eigenvalue weighted by atomic mass is 127. The number of halogens is 4. The highest BCUT2D eigenvalue weighted by molar-refractivity contribution is 14.0. The maximum atomic E-state index is 12.5. The molecule has 5 nitrogen and oxygen atoms in total. The van der Waals surface area contributed by atoms with Crippen LogP contribution in [0.25, 0.3) is 0 Å². The number of hydrogen-bond donors (Lipinski definition) is 3.